The lowest BCUT2D eigenvalue weighted by Crippen LogP contribution is -2.38. The standard InChI is InChI=1S/C18H19BrN2O2S/c1-2-9-3-5-11-14(7-9)24-18-15(11)17(23)20-16(21-18)12-8-10(19)4-6-13(12)22/h4,6,8-9,16,21-22H,2-3,5,7H2,1H3,(H,20,23)/t9-,16-/m0/s1. The highest BCUT2D eigenvalue weighted by Gasteiger charge is 2.34. The van der Waals surface area contributed by atoms with Crippen LogP contribution in [0.5, 0.6) is 5.75 Å². The number of thiophene rings is 1. The van der Waals surface area contributed by atoms with Crippen LogP contribution < -0.4 is 10.6 Å². The number of fused-ring (bicyclic) bond motifs is 3. The number of phenols is 1. The number of benzene rings is 1. The van der Waals surface area contributed by atoms with Crippen molar-refractivity contribution in [1.82, 2.24) is 5.32 Å². The fourth-order valence-electron chi connectivity index (χ4n) is 3.63. The molecular weight excluding hydrogens is 388 g/mol. The number of phenolic OH excluding ortho intramolecular Hbond substituents is 1. The quantitative estimate of drug-likeness (QED) is 0.683. The minimum atomic E-state index is -0.412. The molecule has 2 heterocycles. The van der Waals surface area contributed by atoms with Gasteiger partial charge in [0.25, 0.3) is 5.91 Å². The van der Waals surface area contributed by atoms with Crippen LogP contribution in [-0.4, -0.2) is 11.0 Å². The van der Waals surface area contributed by atoms with Gasteiger partial charge in [-0.1, -0.05) is 29.3 Å². The molecule has 0 unspecified atom stereocenters. The Morgan fingerprint density at radius 1 is 1.38 bits per heavy atom. The van der Waals surface area contributed by atoms with Crippen molar-refractivity contribution >= 4 is 38.2 Å². The molecule has 0 fully saturated rings. The summed E-state index contributed by atoms with van der Waals surface area (Å²) in [6, 6.07) is 5.25. The van der Waals surface area contributed by atoms with E-state index in [1.807, 2.05) is 6.07 Å². The van der Waals surface area contributed by atoms with Gasteiger partial charge < -0.3 is 15.7 Å². The van der Waals surface area contributed by atoms with Gasteiger partial charge >= 0.3 is 0 Å². The number of hydrogen-bond donors (Lipinski definition) is 3. The van der Waals surface area contributed by atoms with E-state index in [0.29, 0.717) is 5.56 Å². The molecule has 0 bridgehead atoms. The van der Waals surface area contributed by atoms with E-state index in [2.05, 4.69) is 33.5 Å². The normalized spacial score (nSPS) is 22.3. The van der Waals surface area contributed by atoms with Crippen LogP contribution in [0.2, 0.25) is 0 Å². The van der Waals surface area contributed by atoms with E-state index in [9.17, 15) is 9.90 Å². The minimum absolute atomic E-state index is 0.0411. The van der Waals surface area contributed by atoms with E-state index in [1.54, 1.807) is 23.5 Å². The van der Waals surface area contributed by atoms with Crippen molar-refractivity contribution in [1.29, 1.82) is 0 Å². The number of nitrogens with one attached hydrogen (secondary N) is 2. The van der Waals surface area contributed by atoms with Crippen molar-refractivity contribution in [2.45, 2.75) is 38.8 Å². The van der Waals surface area contributed by atoms with Crippen LogP contribution in [0.25, 0.3) is 0 Å². The molecule has 0 saturated heterocycles. The number of carbonyl (C=O) groups excluding carboxylic acids is 1. The van der Waals surface area contributed by atoms with E-state index in [-0.39, 0.29) is 11.7 Å². The number of anilines is 1. The summed E-state index contributed by atoms with van der Waals surface area (Å²) in [5.41, 5.74) is 2.71. The molecule has 4 rings (SSSR count). The predicted octanol–water partition coefficient (Wildman–Crippen LogP) is 4.59. The minimum Gasteiger partial charge on any atom is -0.508 e. The summed E-state index contributed by atoms with van der Waals surface area (Å²) in [6.45, 7) is 2.24. The van der Waals surface area contributed by atoms with Gasteiger partial charge in [-0.3, -0.25) is 4.79 Å². The van der Waals surface area contributed by atoms with Crippen molar-refractivity contribution < 1.29 is 9.90 Å². The molecule has 2 aromatic rings. The fourth-order valence-corrected chi connectivity index (χ4v) is 5.39. The van der Waals surface area contributed by atoms with Crippen LogP contribution in [0.15, 0.2) is 22.7 Å². The summed E-state index contributed by atoms with van der Waals surface area (Å²) in [5, 5.41) is 17.5. The van der Waals surface area contributed by atoms with E-state index in [4.69, 9.17) is 0 Å². The van der Waals surface area contributed by atoms with Crippen LogP contribution >= 0.6 is 27.3 Å². The van der Waals surface area contributed by atoms with Gasteiger partial charge in [0.1, 0.15) is 16.9 Å². The summed E-state index contributed by atoms with van der Waals surface area (Å²) in [7, 11) is 0. The Labute approximate surface area is 153 Å². The van der Waals surface area contributed by atoms with Gasteiger partial charge in [0.05, 0.1) is 5.56 Å². The first-order valence-corrected chi connectivity index (χ1v) is 9.88. The Balaban J connectivity index is 1.70. The molecule has 0 spiro atoms. The number of rotatable bonds is 2. The summed E-state index contributed by atoms with van der Waals surface area (Å²) in [5.74, 6) is 0.859. The molecule has 0 saturated carbocycles. The Bertz CT molecular complexity index is 818. The Morgan fingerprint density at radius 2 is 2.21 bits per heavy atom. The molecular formula is C18H19BrN2O2S. The lowest BCUT2D eigenvalue weighted by molar-refractivity contribution is 0.0935. The van der Waals surface area contributed by atoms with E-state index in [1.165, 1.54) is 16.9 Å². The first kappa shape index (κ1) is 16.0. The third-order valence-electron chi connectivity index (χ3n) is 5.02. The second-order valence-electron chi connectivity index (χ2n) is 6.48. The van der Waals surface area contributed by atoms with Crippen molar-refractivity contribution in [2.75, 3.05) is 5.32 Å². The lowest BCUT2D eigenvalue weighted by atomic mass is 9.85. The molecule has 2 aliphatic rings. The number of carbonyl (C=O) groups is 1. The molecule has 1 aliphatic heterocycles. The fraction of sp³-hybridized carbons (Fsp3) is 0.389. The molecule has 126 valence electrons. The topological polar surface area (TPSA) is 61.4 Å². The number of halogens is 1. The predicted molar refractivity (Wildman–Crippen MR) is 99.8 cm³/mol. The van der Waals surface area contributed by atoms with Crippen LogP contribution in [0.1, 0.15) is 52.3 Å². The maximum atomic E-state index is 12.7. The monoisotopic (exact) mass is 406 g/mol. The van der Waals surface area contributed by atoms with Gasteiger partial charge in [0.15, 0.2) is 0 Å². The van der Waals surface area contributed by atoms with Crippen LogP contribution in [0, 0.1) is 5.92 Å². The summed E-state index contributed by atoms with van der Waals surface area (Å²) in [4.78, 5) is 14.1. The summed E-state index contributed by atoms with van der Waals surface area (Å²) in [6.07, 6.45) is 4.00. The van der Waals surface area contributed by atoms with Gasteiger partial charge in [-0.15, -0.1) is 11.3 Å². The highest BCUT2D eigenvalue weighted by Crippen LogP contribution is 2.43. The first-order valence-electron chi connectivity index (χ1n) is 8.27. The number of hydrogen-bond acceptors (Lipinski definition) is 4. The smallest absolute Gasteiger partial charge is 0.256 e. The molecule has 1 aliphatic carbocycles. The third-order valence-corrected chi connectivity index (χ3v) is 6.70. The zero-order valence-electron chi connectivity index (χ0n) is 13.4. The van der Waals surface area contributed by atoms with Crippen molar-refractivity contribution in [2.24, 2.45) is 5.92 Å². The molecule has 6 heteroatoms. The molecule has 1 aromatic heterocycles. The molecule has 4 nitrogen and oxygen atoms in total. The van der Waals surface area contributed by atoms with Gasteiger partial charge in [0.2, 0.25) is 0 Å². The van der Waals surface area contributed by atoms with Crippen molar-refractivity contribution in [3.8, 4) is 5.75 Å². The Morgan fingerprint density at radius 3 is 3.00 bits per heavy atom. The van der Waals surface area contributed by atoms with Crippen LogP contribution in [0.4, 0.5) is 5.00 Å². The third kappa shape index (κ3) is 2.62. The molecule has 2 atom stereocenters. The molecule has 1 aromatic carbocycles. The van der Waals surface area contributed by atoms with Gasteiger partial charge in [-0.2, -0.15) is 0 Å². The van der Waals surface area contributed by atoms with Crippen LogP contribution in [-0.2, 0) is 12.8 Å². The zero-order valence-corrected chi connectivity index (χ0v) is 15.8. The summed E-state index contributed by atoms with van der Waals surface area (Å²) >= 11 is 5.13. The van der Waals surface area contributed by atoms with Gasteiger partial charge in [0, 0.05) is 14.9 Å². The average molecular weight is 407 g/mol. The largest absolute Gasteiger partial charge is 0.508 e. The van der Waals surface area contributed by atoms with Crippen molar-refractivity contribution in [3.05, 3.63) is 44.2 Å². The Hall–Kier alpha value is -1.53. The van der Waals surface area contributed by atoms with E-state index >= 15 is 0 Å². The maximum absolute atomic E-state index is 12.7. The molecule has 0 radical (unpaired) electrons. The average Bonchev–Trinajstić information content (AvgIpc) is 2.94. The molecule has 3 N–H and O–H groups in total. The Kier molecular flexibility index (Phi) is 4.04. The first-order chi connectivity index (χ1) is 11.6. The molecule has 24 heavy (non-hydrogen) atoms. The molecule has 1 amide bonds. The van der Waals surface area contributed by atoms with Gasteiger partial charge in [-0.05, 0) is 48.9 Å². The second-order valence-corrected chi connectivity index (χ2v) is 8.50. The van der Waals surface area contributed by atoms with E-state index < -0.39 is 6.17 Å². The maximum Gasteiger partial charge on any atom is 0.256 e. The highest BCUT2D eigenvalue weighted by molar-refractivity contribution is 9.10. The van der Waals surface area contributed by atoms with Gasteiger partial charge in [-0.25, -0.2) is 0 Å². The van der Waals surface area contributed by atoms with Crippen molar-refractivity contribution in [3.63, 3.8) is 0 Å². The number of amides is 1. The van der Waals surface area contributed by atoms with Crippen LogP contribution in [0.3, 0.4) is 0 Å². The highest BCUT2D eigenvalue weighted by atomic mass is 79.9. The zero-order chi connectivity index (χ0) is 16.8. The SMILES string of the molecule is CC[C@H]1CCc2c(sc3c2C(=O)N[C@H](c2cc(Br)ccc2O)N3)C1. The summed E-state index contributed by atoms with van der Waals surface area (Å²) < 4.78 is 0.869. The van der Waals surface area contributed by atoms with E-state index in [0.717, 1.165) is 40.2 Å². The number of aromatic hydroxyl groups is 1. The second kappa shape index (κ2) is 6.08. The lowest BCUT2D eigenvalue weighted by Gasteiger charge is -2.27.